The Labute approximate surface area is 362 Å². The Morgan fingerprint density at radius 1 is 0.323 bits per heavy atom. The smallest absolute Gasteiger partial charge is 0.164 e. The van der Waals surface area contributed by atoms with Crippen LogP contribution in [0.15, 0.2) is 218 Å². The first kappa shape index (κ1) is 35.9. The lowest BCUT2D eigenvalue weighted by molar-refractivity contribution is 1.07. The Hall–Kier alpha value is -7.99. The lowest BCUT2D eigenvalue weighted by Crippen LogP contribution is -2.02. The maximum Gasteiger partial charge on any atom is 0.164 e. The third-order valence-electron chi connectivity index (χ3n) is 11.9. The molecule has 5 heteroatoms. The predicted molar refractivity (Wildman–Crippen MR) is 260 cm³/mol. The van der Waals surface area contributed by atoms with Crippen LogP contribution in [0.4, 0.5) is 0 Å². The Bertz CT molecular complexity index is 3610. The lowest BCUT2D eigenvalue weighted by Gasteiger charge is -2.16. The van der Waals surface area contributed by atoms with Crippen molar-refractivity contribution in [3.05, 3.63) is 218 Å². The van der Waals surface area contributed by atoms with E-state index in [1.165, 1.54) is 47.6 Å². The fourth-order valence-electron chi connectivity index (χ4n) is 8.98. The van der Waals surface area contributed by atoms with E-state index < -0.39 is 0 Å². The molecule has 0 saturated carbocycles. The van der Waals surface area contributed by atoms with Crippen molar-refractivity contribution in [2.24, 2.45) is 0 Å². The largest absolute Gasteiger partial charge is 0.309 e. The van der Waals surface area contributed by atoms with Gasteiger partial charge in [-0.1, -0.05) is 194 Å². The number of rotatable bonds is 7. The van der Waals surface area contributed by atoms with Gasteiger partial charge in [0.15, 0.2) is 17.5 Å². The van der Waals surface area contributed by atoms with Gasteiger partial charge in [-0.2, -0.15) is 0 Å². The van der Waals surface area contributed by atoms with Crippen LogP contribution in [0.2, 0.25) is 0 Å². The molecule has 0 aliphatic rings. The van der Waals surface area contributed by atoms with Gasteiger partial charge < -0.3 is 4.57 Å². The molecule has 9 aromatic carbocycles. The molecule has 290 valence electrons. The van der Waals surface area contributed by atoms with Gasteiger partial charge in [-0.15, -0.1) is 11.3 Å². The fourth-order valence-corrected chi connectivity index (χ4v) is 10.2. The van der Waals surface area contributed by atoms with Crippen molar-refractivity contribution in [1.82, 2.24) is 19.5 Å². The van der Waals surface area contributed by atoms with E-state index in [2.05, 4.69) is 205 Å². The molecule has 0 aliphatic carbocycles. The highest BCUT2D eigenvalue weighted by Gasteiger charge is 2.21. The maximum atomic E-state index is 5.25. The second-order valence-corrected chi connectivity index (χ2v) is 16.6. The molecule has 12 aromatic rings. The Kier molecular flexibility index (Phi) is 8.65. The zero-order chi connectivity index (χ0) is 41.0. The first-order valence-corrected chi connectivity index (χ1v) is 21.7. The SMILES string of the molecule is c1ccc(-c2nc(-c3ccc(-c4cccc5c4sc4ccccc45)cc3)nc(-c3ccc(-c4ccccc4)c(-n4c5ccccc5c5c(-c6ccccc6)cccc54)c3)n2)cc1. The molecule has 12 rings (SSSR count). The zero-order valence-corrected chi connectivity index (χ0v) is 34.3. The van der Waals surface area contributed by atoms with Gasteiger partial charge in [-0.05, 0) is 52.1 Å². The van der Waals surface area contributed by atoms with Crippen molar-refractivity contribution in [1.29, 1.82) is 0 Å². The van der Waals surface area contributed by atoms with E-state index in [4.69, 9.17) is 15.0 Å². The minimum atomic E-state index is 0.611. The van der Waals surface area contributed by atoms with Crippen molar-refractivity contribution in [2.45, 2.75) is 0 Å². The molecule has 0 saturated heterocycles. The molecule has 0 fully saturated rings. The summed E-state index contributed by atoms with van der Waals surface area (Å²) in [7, 11) is 0. The molecule has 0 bridgehead atoms. The molecule has 0 N–H and O–H groups in total. The summed E-state index contributed by atoms with van der Waals surface area (Å²) in [4.78, 5) is 15.6. The number of para-hydroxylation sites is 1. The minimum Gasteiger partial charge on any atom is -0.309 e. The Morgan fingerprint density at radius 2 is 0.806 bits per heavy atom. The van der Waals surface area contributed by atoms with Gasteiger partial charge in [-0.3, -0.25) is 0 Å². The van der Waals surface area contributed by atoms with Crippen molar-refractivity contribution in [2.75, 3.05) is 0 Å². The molecule has 3 heterocycles. The number of nitrogens with zero attached hydrogens (tertiary/aromatic N) is 4. The summed E-state index contributed by atoms with van der Waals surface area (Å²) in [5.41, 5.74) is 13.1. The minimum absolute atomic E-state index is 0.611. The van der Waals surface area contributed by atoms with E-state index in [-0.39, 0.29) is 0 Å². The Morgan fingerprint density at radius 3 is 1.53 bits per heavy atom. The van der Waals surface area contributed by atoms with Crippen LogP contribution >= 0.6 is 11.3 Å². The topological polar surface area (TPSA) is 43.6 Å². The monoisotopic (exact) mass is 808 g/mol. The van der Waals surface area contributed by atoms with Gasteiger partial charge in [0.25, 0.3) is 0 Å². The van der Waals surface area contributed by atoms with Crippen LogP contribution in [-0.2, 0) is 0 Å². The average molecular weight is 809 g/mol. The molecule has 4 nitrogen and oxygen atoms in total. The molecule has 0 amide bonds. The summed E-state index contributed by atoms with van der Waals surface area (Å²) in [6, 6.07) is 77.4. The van der Waals surface area contributed by atoms with Crippen molar-refractivity contribution >= 4 is 53.3 Å². The predicted octanol–water partition coefficient (Wildman–Crippen LogP) is 15.3. The maximum absolute atomic E-state index is 5.25. The van der Waals surface area contributed by atoms with Crippen LogP contribution in [0.5, 0.6) is 0 Å². The van der Waals surface area contributed by atoms with Crippen LogP contribution in [0.3, 0.4) is 0 Å². The van der Waals surface area contributed by atoms with Crippen molar-refractivity contribution in [3.8, 4) is 73.2 Å². The second-order valence-electron chi connectivity index (χ2n) is 15.5. The van der Waals surface area contributed by atoms with Crippen LogP contribution < -0.4 is 0 Å². The van der Waals surface area contributed by atoms with Gasteiger partial charge >= 0.3 is 0 Å². The first-order valence-electron chi connectivity index (χ1n) is 20.9. The quantitative estimate of drug-likeness (QED) is 0.161. The van der Waals surface area contributed by atoms with Gasteiger partial charge in [0.2, 0.25) is 0 Å². The number of benzene rings is 9. The van der Waals surface area contributed by atoms with Gasteiger partial charge in [0.1, 0.15) is 0 Å². The number of aromatic nitrogens is 4. The third kappa shape index (κ3) is 6.09. The van der Waals surface area contributed by atoms with E-state index in [0.29, 0.717) is 17.5 Å². The van der Waals surface area contributed by atoms with E-state index in [1.54, 1.807) is 0 Å². The standard InChI is InChI=1S/C57H36N4S/c1-4-16-37(17-5-1)43-35-34-42(36-51(43)61-49-27-12-10-23-48(49)53-44(24-15-28-50(53)61)38-18-6-2-7-19-38)57-59-55(40-20-8-3-9-21-40)58-56(60-57)41-32-30-39(31-33-41)45-25-14-26-47-46-22-11-13-29-52(46)62-54(45)47/h1-36H. The van der Waals surface area contributed by atoms with Crippen molar-refractivity contribution in [3.63, 3.8) is 0 Å². The van der Waals surface area contributed by atoms with E-state index in [1.807, 2.05) is 29.5 Å². The van der Waals surface area contributed by atoms with Crippen molar-refractivity contribution < 1.29 is 0 Å². The molecular formula is C57H36N4S. The van der Waals surface area contributed by atoms with Crippen LogP contribution in [0.25, 0.3) is 115 Å². The first-order chi connectivity index (χ1) is 30.7. The number of fused-ring (bicyclic) bond motifs is 6. The third-order valence-corrected chi connectivity index (χ3v) is 13.1. The van der Waals surface area contributed by atoms with E-state index in [0.717, 1.165) is 50.1 Å². The summed E-state index contributed by atoms with van der Waals surface area (Å²) >= 11 is 1.85. The van der Waals surface area contributed by atoms with Crippen LogP contribution in [0.1, 0.15) is 0 Å². The van der Waals surface area contributed by atoms with Gasteiger partial charge in [0, 0.05) is 53.2 Å². The molecule has 0 spiro atoms. The molecular weight excluding hydrogens is 773 g/mol. The molecule has 3 aromatic heterocycles. The average Bonchev–Trinajstić information content (AvgIpc) is 3.91. The van der Waals surface area contributed by atoms with Crippen LogP contribution in [-0.4, -0.2) is 19.5 Å². The van der Waals surface area contributed by atoms with Gasteiger partial charge in [-0.25, -0.2) is 15.0 Å². The fraction of sp³-hybridized carbons (Fsp3) is 0. The highest BCUT2D eigenvalue weighted by molar-refractivity contribution is 7.26. The number of hydrogen-bond donors (Lipinski definition) is 0. The molecule has 0 unspecified atom stereocenters. The summed E-state index contributed by atoms with van der Waals surface area (Å²) in [5, 5.41) is 5.01. The number of hydrogen-bond acceptors (Lipinski definition) is 4. The number of thiophene rings is 1. The summed E-state index contributed by atoms with van der Waals surface area (Å²) in [6.07, 6.45) is 0. The summed E-state index contributed by atoms with van der Waals surface area (Å²) in [6.45, 7) is 0. The lowest BCUT2D eigenvalue weighted by atomic mass is 9.99. The molecule has 0 radical (unpaired) electrons. The second kappa shape index (κ2) is 14.9. The van der Waals surface area contributed by atoms with E-state index >= 15 is 0 Å². The molecule has 0 atom stereocenters. The zero-order valence-electron chi connectivity index (χ0n) is 33.5. The summed E-state index contributed by atoms with van der Waals surface area (Å²) in [5.74, 6) is 1.86. The Balaban J connectivity index is 1.04. The van der Waals surface area contributed by atoms with Gasteiger partial charge in [0.05, 0.1) is 16.7 Å². The molecule has 62 heavy (non-hydrogen) atoms. The van der Waals surface area contributed by atoms with Crippen LogP contribution in [0, 0.1) is 0 Å². The highest BCUT2D eigenvalue weighted by Crippen LogP contribution is 2.43. The normalized spacial score (nSPS) is 11.5. The molecule has 0 aliphatic heterocycles. The highest BCUT2D eigenvalue weighted by atomic mass is 32.1. The summed E-state index contributed by atoms with van der Waals surface area (Å²) < 4.78 is 5.01. The van der Waals surface area contributed by atoms with E-state index in [9.17, 15) is 0 Å².